The van der Waals surface area contributed by atoms with E-state index in [9.17, 15) is 9.59 Å². The summed E-state index contributed by atoms with van der Waals surface area (Å²) < 4.78 is 0. The highest BCUT2D eigenvalue weighted by Crippen LogP contribution is 2.33. The molecule has 2 aliphatic heterocycles. The Morgan fingerprint density at radius 1 is 1.08 bits per heavy atom. The Hall–Kier alpha value is -3.74. The number of benzene rings is 2. The second-order valence-corrected chi connectivity index (χ2v) is 12.5. The number of hydrogen-bond donors (Lipinski definition) is 1. The summed E-state index contributed by atoms with van der Waals surface area (Å²) >= 11 is 0. The maximum absolute atomic E-state index is 13.9. The fraction of sp³-hybridized carbons (Fsp3) is 0.438. The van der Waals surface area contributed by atoms with Crippen LogP contribution in [-0.2, 0) is 22.6 Å². The van der Waals surface area contributed by atoms with Crippen molar-refractivity contribution in [3.05, 3.63) is 71.5 Å². The van der Waals surface area contributed by atoms with Gasteiger partial charge >= 0.3 is 0 Å². The standard InChI is InChI=1S/C32H37N5O2/c1-32(2,3)20-37-19-27-22(8-9-29-26(27)18-34-35-29)14-24(31(37)39)16-30(38)36-12-10-21(11-13-36)25-15-23-6-4-5-7-28(23)33-17-25/h4-9,15,17-18,21,24H,10-14,16,19-20H2,1-3H3,(H,34,35)/t24-/m0/s1. The van der Waals surface area contributed by atoms with Crippen LogP contribution in [0.4, 0.5) is 0 Å². The number of likely N-dealkylation sites (tertiary alicyclic amines) is 1. The Kier molecular flexibility index (Phi) is 6.61. The normalized spacial score (nSPS) is 18.9. The summed E-state index contributed by atoms with van der Waals surface area (Å²) in [5.74, 6) is 0.222. The van der Waals surface area contributed by atoms with Crippen LogP contribution in [0.1, 0.15) is 62.6 Å². The van der Waals surface area contributed by atoms with E-state index in [1.807, 2.05) is 46.5 Å². The Labute approximate surface area is 229 Å². The molecule has 0 unspecified atom stereocenters. The van der Waals surface area contributed by atoms with Crippen LogP contribution in [0.5, 0.6) is 0 Å². The zero-order valence-corrected chi connectivity index (χ0v) is 23.1. The number of piperidine rings is 1. The molecule has 2 aliphatic rings. The van der Waals surface area contributed by atoms with E-state index in [1.165, 1.54) is 5.56 Å². The lowest BCUT2D eigenvalue weighted by Gasteiger charge is -2.34. The predicted octanol–water partition coefficient (Wildman–Crippen LogP) is 5.45. The minimum absolute atomic E-state index is 0.0431. The van der Waals surface area contributed by atoms with Crippen LogP contribution < -0.4 is 0 Å². The van der Waals surface area contributed by atoms with Gasteiger partial charge in [-0.25, -0.2) is 0 Å². The number of hydrogen-bond acceptors (Lipinski definition) is 4. The van der Waals surface area contributed by atoms with Crippen LogP contribution in [0, 0.1) is 11.3 Å². The van der Waals surface area contributed by atoms with E-state index in [2.05, 4.69) is 54.2 Å². The Morgan fingerprint density at radius 2 is 1.87 bits per heavy atom. The van der Waals surface area contributed by atoms with Crippen LogP contribution in [0.2, 0.25) is 0 Å². The van der Waals surface area contributed by atoms with E-state index in [4.69, 9.17) is 0 Å². The molecular formula is C32H37N5O2. The second-order valence-electron chi connectivity index (χ2n) is 12.5. The minimum Gasteiger partial charge on any atom is -0.343 e. The number of nitrogens with one attached hydrogen (secondary N) is 1. The number of H-pyrrole nitrogens is 1. The predicted molar refractivity (Wildman–Crippen MR) is 153 cm³/mol. The number of carbonyl (C=O) groups excluding carboxylic acids is 2. The molecular weight excluding hydrogens is 486 g/mol. The van der Waals surface area contributed by atoms with E-state index in [0.717, 1.165) is 58.9 Å². The lowest BCUT2D eigenvalue weighted by atomic mass is 9.88. The molecule has 0 saturated carbocycles. The topological polar surface area (TPSA) is 82.2 Å². The smallest absolute Gasteiger partial charge is 0.226 e. The van der Waals surface area contributed by atoms with Crippen molar-refractivity contribution in [2.45, 2.75) is 58.9 Å². The number of rotatable bonds is 4. The van der Waals surface area contributed by atoms with Crippen LogP contribution in [0.3, 0.4) is 0 Å². The number of aromatic amines is 1. The number of aromatic nitrogens is 3. The third-order valence-corrected chi connectivity index (χ3v) is 8.33. The van der Waals surface area contributed by atoms with Gasteiger partial charge in [0.1, 0.15) is 0 Å². The van der Waals surface area contributed by atoms with Crippen molar-refractivity contribution in [3.63, 3.8) is 0 Å². The molecule has 2 aromatic carbocycles. The fourth-order valence-corrected chi connectivity index (χ4v) is 6.36. The van der Waals surface area contributed by atoms with E-state index in [-0.39, 0.29) is 29.6 Å². The molecule has 0 aliphatic carbocycles. The summed E-state index contributed by atoms with van der Waals surface area (Å²) in [5, 5.41) is 9.52. The number of carbonyl (C=O) groups is 2. The molecule has 1 N–H and O–H groups in total. The first-order valence-corrected chi connectivity index (χ1v) is 14.1. The molecule has 1 saturated heterocycles. The van der Waals surface area contributed by atoms with Gasteiger partial charge < -0.3 is 9.80 Å². The molecule has 2 amide bonds. The SMILES string of the molecule is CC(C)(C)CN1Cc2c(ccc3[nH]ncc23)C[C@@H](CC(=O)N2CCC(c3cnc4ccccc4c3)CC2)C1=O. The van der Waals surface area contributed by atoms with Gasteiger partial charge in [-0.05, 0) is 65.5 Å². The average molecular weight is 524 g/mol. The zero-order chi connectivity index (χ0) is 27.1. The van der Waals surface area contributed by atoms with Gasteiger partial charge in [-0.2, -0.15) is 5.10 Å². The maximum Gasteiger partial charge on any atom is 0.226 e. The minimum atomic E-state index is -0.354. The molecule has 0 bridgehead atoms. The maximum atomic E-state index is 13.9. The fourth-order valence-electron chi connectivity index (χ4n) is 6.36. The molecule has 0 radical (unpaired) electrons. The number of pyridine rings is 1. The monoisotopic (exact) mass is 523 g/mol. The summed E-state index contributed by atoms with van der Waals surface area (Å²) in [4.78, 5) is 36.0. The highest BCUT2D eigenvalue weighted by atomic mass is 16.2. The average Bonchev–Trinajstić information content (AvgIpc) is 3.37. The Morgan fingerprint density at radius 3 is 2.67 bits per heavy atom. The van der Waals surface area contributed by atoms with Gasteiger partial charge in [0.2, 0.25) is 11.8 Å². The molecule has 1 atom stereocenters. The molecule has 6 rings (SSSR count). The third-order valence-electron chi connectivity index (χ3n) is 8.33. The summed E-state index contributed by atoms with van der Waals surface area (Å²) in [6.45, 7) is 9.09. The molecule has 202 valence electrons. The molecule has 0 spiro atoms. The number of amides is 2. The third kappa shape index (κ3) is 5.27. The number of para-hydroxylation sites is 1. The van der Waals surface area contributed by atoms with Crippen LogP contribution in [-0.4, -0.2) is 56.4 Å². The Bertz CT molecular complexity index is 1530. The van der Waals surface area contributed by atoms with Gasteiger partial charge in [0, 0.05) is 49.6 Å². The lowest BCUT2D eigenvalue weighted by Crippen LogP contribution is -2.43. The van der Waals surface area contributed by atoms with E-state index < -0.39 is 0 Å². The molecule has 2 aromatic heterocycles. The van der Waals surface area contributed by atoms with Crippen molar-refractivity contribution < 1.29 is 9.59 Å². The van der Waals surface area contributed by atoms with Gasteiger partial charge in [-0.3, -0.25) is 19.7 Å². The van der Waals surface area contributed by atoms with E-state index in [0.29, 0.717) is 25.4 Å². The summed E-state index contributed by atoms with van der Waals surface area (Å²) in [7, 11) is 0. The molecule has 4 heterocycles. The largest absolute Gasteiger partial charge is 0.343 e. The molecule has 7 heteroatoms. The van der Waals surface area contributed by atoms with Gasteiger partial charge in [0.05, 0.1) is 23.1 Å². The summed E-state index contributed by atoms with van der Waals surface area (Å²) in [6.07, 6.45) is 6.52. The van der Waals surface area contributed by atoms with Crippen molar-refractivity contribution in [2.75, 3.05) is 19.6 Å². The zero-order valence-electron chi connectivity index (χ0n) is 23.1. The van der Waals surface area contributed by atoms with Crippen molar-refractivity contribution in [3.8, 4) is 0 Å². The van der Waals surface area contributed by atoms with Crippen LogP contribution in [0.15, 0.2) is 54.9 Å². The first-order chi connectivity index (χ1) is 18.7. The van der Waals surface area contributed by atoms with E-state index >= 15 is 0 Å². The van der Waals surface area contributed by atoms with E-state index in [1.54, 1.807) is 0 Å². The Balaban J connectivity index is 1.17. The van der Waals surface area contributed by atoms with Crippen molar-refractivity contribution in [2.24, 2.45) is 11.3 Å². The highest BCUT2D eigenvalue weighted by molar-refractivity contribution is 5.89. The molecule has 4 aromatic rings. The van der Waals surface area contributed by atoms with Crippen LogP contribution >= 0.6 is 0 Å². The molecule has 39 heavy (non-hydrogen) atoms. The highest BCUT2D eigenvalue weighted by Gasteiger charge is 2.35. The quantitative estimate of drug-likeness (QED) is 0.385. The van der Waals surface area contributed by atoms with Crippen molar-refractivity contribution >= 4 is 33.6 Å². The van der Waals surface area contributed by atoms with Gasteiger partial charge in [0.25, 0.3) is 0 Å². The van der Waals surface area contributed by atoms with Gasteiger partial charge in [0.15, 0.2) is 0 Å². The summed E-state index contributed by atoms with van der Waals surface area (Å²) in [5.41, 5.74) is 5.50. The van der Waals surface area contributed by atoms with Gasteiger partial charge in [-0.1, -0.05) is 45.0 Å². The van der Waals surface area contributed by atoms with Gasteiger partial charge in [-0.15, -0.1) is 0 Å². The lowest BCUT2D eigenvalue weighted by molar-refractivity contribution is -0.142. The summed E-state index contributed by atoms with van der Waals surface area (Å²) in [6, 6.07) is 14.6. The van der Waals surface area contributed by atoms with Crippen LogP contribution in [0.25, 0.3) is 21.8 Å². The molecule has 1 fully saturated rings. The number of nitrogens with zero attached hydrogens (tertiary/aromatic N) is 4. The number of fused-ring (bicyclic) bond motifs is 4. The van der Waals surface area contributed by atoms with Crippen molar-refractivity contribution in [1.82, 2.24) is 25.0 Å². The first-order valence-electron chi connectivity index (χ1n) is 14.1. The first kappa shape index (κ1) is 25.5. The second kappa shape index (κ2) is 10.1. The molecule has 7 nitrogen and oxygen atoms in total. The van der Waals surface area contributed by atoms with Crippen molar-refractivity contribution in [1.29, 1.82) is 0 Å².